The lowest BCUT2D eigenvalue weighted by atomic mass is 9.76. The van der Waals surface area contributed by atoms with Crippen LogP contribution in [0.2, 0.25) is 0 Å². The molecule has 0 saturated heterocycles. The minimum Gasteiger partial charge on any atom is -0.493 e. The van der Waals surface area contributed by atoms with Gasteiger partial charge in [-0.3, -0.25) is 14.4 Å². The molecule has 1 aliphatic heterocycles. The summed E-state index contributed by atoms with van der Waals surface area (Å²) in [6.07, 6.45) is 6.33. The summed E-state index contributed by atoms with van der Waals surface area (Å²) in [4.78, 5) is 39.4. The third-order valence-corrected chi connectivity index (χ3v) is 7.31. The lowest BCUT2D eigenvalue weighted by Crippen LogP contribution is -2.58. The van der Waals surface area contributed by atoms with Crippen LogP contribution in [0, 0.1) is 0 Å². The van der Waals surface area contributed by atoms with E-state index in [0.29, 0.717) is 34.5 Å². The second-order valence-electron chi connectivity index (χ2n) is 9.47. The lowest BCUT2D eigenvalue weighted by Gasteiger charge is -2.43. The fourth-order valence-electron chi connectivity index (χ4n) is 5.78. The average Bonchev–Trinajstić information content (AvgIpc) is 3.04. The molecule has 1 heterocycles. The molecule has 35 heavy (non-hydrogen) atoms. The fraction of sp³-hybridized carbons (Fsp3) is 0.577. The van der Waals surface area contributed by atoms with Crippen LogP contribution >= 0.6 is 0 Å². The summed E-state index contributed by atoms with van der Waals surface area (Å²) in [5, 5.41) is 23.5. The van der Waals surface area contributed by atoms with E-state index in [4.69, 9.17) is 9.47 Å². The van der Waals surface area contributed by atoms with Gasteiger partial charge in [-0.15, -0.1) is 0 Å². The topological polar surface area (TPSA) is 125 Å². The largest absolute Gasteiger partial charge is 0.493 e. The van der Waals surface area contributed by atoms with Crippen molar-refractivity contribution in [1.29, 1.82) is 0 Å². The molecule has 3 aliphatic rings. The molecular formula is C26H34N2O7. The number of carbonyl (C=O) groups is 3. The molecule has 4 atom stereocenters. The van der Waals surface area contributed by atoms with E-state index in [2.05, 4.69) is 5.32 Å². The number of aliphatic hydroxyl groups is 2. The van der Waals surface area contributed by atoms with Crippen molar-refractivity contribution in [2.24, 2.45) is 0 Å². The summed E-state index contributed by atoms with van der Waals surface area (Å²) < 4.78 is 11.6. The number of fused-ring (bicyclic) bond motifs is 3. The Balaban J connectivity index is 1.80. The number of carbonyl (C=O) groups excluding carboxylic acids is 3. The van der Waals surface area contributed by atoms with Gasteiger partial charge in [0.25, 0.3) is 0 Å². The summed E-state index contributed by atoms with van der Waals surface area (Å²) in [7, 11) is 1.46. The van der Waals surface area contributed by atoms with Gasteiger partial charge in [0.1, 0.15) is 18.5 Å². The zero-order valence-corrected chi connectivity index (χ0v) is 20.2. The Kier molecular flexibility index (Phi) is 7.76. The second kappa shape index (κ2) is 10.8. The standard InChI is InChI=1S/C26H34N2O7/c1-15(31)28(17-7-5-3-4-6-8-17)20-13-19(26(33)27-9-10-29)22-18-11-16(14-30)12-21(34-2)24(18)35-25(22)23(20)32/h11-14,17,20,22-23,25,29,32H,3-10H2,1-2H3,(H,27,33). The first-order valence-electron chi connectivity index (χ1n) is 12.3. The summed E-state index contributed by atoms with van der Waals surface area (Å²) in [6.45, 7) is 1.33. The highest BCUT2D eigenvalue weighted by molar-refractivity contribution is 5.96. The molecule has 1 fully saturated rings. The predicted octanol–water partition coefficient (Wildman–Crippen LogP) is 1.70. The van der Waals surface area contributed by atoms with Crippen molar-refractivity contribution in [3.05, 3.63) is 34.9 Å². The van der Waals surface area contributed by atoms with Crippen LogP contribution in [0.5, 0.6) is 11.5 Å². The Morgan fingerprint density at radius 1 is 1.23 bits per heavy atom. The van der Waals surface area contributed by atoms with E-state index < -0.39 is 30.1 Å². The van der Waals surface area contributed by atoms with Crippen LogP contribution in [0.3, 0.4) is 0 Å². The van der Waals surface area contributed by atoms with E-state index in [1.807, 2.05) is 0 Å². The molecule has 9 nitrogen and oxygen atoms in total. The molecule has 0 radical (unpaired) electrons. The number of aliphatic hydroxyl groups excluding tert-OH is 2. The van der Waals surface area contributed by atoms with Crippen molar-refractivity contribution in [3.63, 3.8) is 0 Å². The highest BCUT2D eigenvalue weighted by atomic mass is 16.5. The fourth-order valence-corrected chi connectivity index (χ4v) is 5.78. The monoisotopic (exact) mass is 486 g/mol. The number of hydrogen-bond donors (Lipinski definition) is 3. The number of benzene rings is 1. The van der Waals surface area contributed by atoms with Crippen molar-refractivity contribution >= 4 is 18.1 Å². The Morgan fingerprint density at radius 3 is 2.54 bits per heavy atom. The van der Waals surface area contributed by atoms with Crippen LogP contribution in [0.1, 0.15) is 67.3 Å². The van der Waals surface area contributed by atoms with E-state index in [1.165, 1.54) is 14.0 Å². The quantitative estimate of drug-likeness (QED) is 0.396. The first-order valence-corrected chi connectivity index (χ1v) is 12.3. The van der Waals surface area contributed by atoms with Crippen molar-refractivity contribution in [2.45, 2.75) is 75.7 Å². The van der Waals surface area contributed by atoms with Gasteiger partial charge in [0, 0.05) is 36.2 Å². The smallest absolute Gasteiger partial charge is 0.247 e. The molecule has 0 spiro atoms. The normalized spacial score (nSPS) is 25.9. The lowest BCUT2D eigenvalue weighted by molar-refractivity contribution is -0.138. The van der Waals surface area contributed by atoms with Gasteiger partial charge < -0.3 is 29.9 Å². The van der Waals surface area contributed by atoms with Gasteiger partial charge in [0.05, 0.1) is 25.7 Å². The van der Waals surface area contributed by atoms with Crippen molar-refractivity contribution < 1.29 is 34.1 Å². The highest BCUT2D eigenvalue weighted by Crippen LogP contribution is 2.51. The Bertz CT molecular complexity index is 1000. The molecule has 4 unspecified atom stereocenters. The molecule has 0 aromatic heterocycles. The maximum atomic E-state index is 13.3. The van der Waals surface area contributed by atoms with Crippen molar-refractivity contribution in [2.75, 3.05) is 20.3 Å². The van der Waals surface area contributed by atoms with Crippen LogP contribution in [-0.2, 0) is 9.59 Å². The third kappa shape index (κ3) is 4.79. The van der Waals surface area contributed by atoms with E-state index in [9.17, 15) is 24.6 Å². The zero-order chi connectivity index (χ0) is 25.1. The summed E-state index contributed by atoms with van der Waals surface area (Å²) in [6, 6.07) is 2.40. The number of nitrogens with one attached hydrogen (secondary N) is 1. The van der Waals surface area contributed by atoms with E-state index in [1.54, 1.807) is 23.1 Å². The molecule has 4 rings (SSSR count). The Labute approximate surface area is 205 Å². The number of aldehydes is 1. The van der Waals surface area contributed by atoms with Crippen LogP contribution < -0.4 is 14.8 Å². The van der Waals surface area contributed by atoms with Crippen molar-refractivity contribution in [3.8, 4) is 11.5 Å². The van der Waals surface area contributed by atoms with E-state index in [0.717, 1.165) is 38.5 Å². The van der Waals surface area contributed by atoms with Gasteiger partial charge in [0.15, 0.2) is 11.5 Å². The molecule has 0 bridgehead atoms. The van der Waals surface area contributed by atoms with Gasteiger partial charge in [0.2, 0.25) is 11.8 Å². The zero-order valence-electron chi connectivity index (χ0n) is 20.2. The van der Waals surface area contributed by atoms with Gasteiger partial charge in [-0.25, -0.2) is 0 Å². The second-order valence-corrected chi connectivity index (χ2v) is 9.47. The summed E-state index contributed by atoms with van der Waals surface area (Å²) in [5.74, 6) is -0.529. The maximum absolute atomic E-state index is 13.3. The van der Waals surface area contributed by atoms with Crippen LogP contribution in [0.25, 0.3) is 0 Å². The Morgan fingerprint density at radius 2 is 1.94 bits per heavy atom. The van der Waals surface area contributed by atoms with Gasteiger partial charge >= 0.3 is 0 Å². The predicted molar refractivity (Wildman–Crippen MR) is 128 cm³/mol. The third-order valence-electron chi connectivity index (χ3n) is 7.31. The number of hydrogen-bond acceptors (Lipinski definition) is 7. The number of amides is 2. The molecule has 190 valence electrons. The highest BCUT2D eigenvalue weighted by Gasteiger charge is 2.52. The van der Waals surface area contributed by atoms with E-state index >= 15 is 0 Å². The molecule has 3 N–H and O–H groups in total. The minimum absolute atomic E-state index is 0.0378. The number of methoxy groups -OCH3 is 1. The molecule has 2 aliphatic carbocycles. The molecule has 1 saturated carbocycles. The van der Waals surface area contributed by atoms with Gasteiger partial charge in [-0.05, 0) is 31.1 Å². The summed E-state index contributed by atoms with van der Waals surface area (Å²) >= 11 is 0. The van der Waals surface area contributed by atoms with Crippen LogP contribution in [0.15, 0.2) is 23.8 Å². The minimum atomic E-state index is -1.10. The first kappa shape index (κ1) is 25.2. The summed E-state index contributed by atoms with van der Waals surface area (Å²) in [5.41, 5.74) is 1.27. The van der Waals surface area contributed by atoms with Gasteiger partial charge in [-0.2, -0.15) is 0 Å². The van der Waals surface area contributed by atoms with Gasteiger partial charge in [-0.1, -0.05) is 25.7 Å². The van der Waals surface area contributed by atoms with E-state index in [-0.39, 0.29) is 25.1 Å². The Hall–Kier alpha value is -2.91. The molecule has 1 aromatic carbocycles. The first-order chi connectivity index (χ1) is 16.9. The maximum Gasteiger partial charge on any atom is 0.247 e. The number of nitrogens with zero attached hydrogens (tertiary/aromatic N) is 1. The van der Waals surface area contributed by atoms with Crippen LogP contribution in [-0.4, -0.2) is 77.8 Å². The SMILES string of the molecule is COc1cc(C=O)cc2c1OC1C2C(C(=O)NCCO)=CC(N(C(C)=O)C2CCCCCC2)C1O. The number of ether oxygens (including phenoxy) is 2. The molecule has 9 heteroatoms. The van der Waals surface area contributed by atoms with Crippen LogP contribution in [0.4, 0.5) is 0 Å². The molecular weight excluding hydrogens is 452 g/mol. The molecule has 1 aromatic rings. The number of rotatable bonds is 7. The molecule has 2 amide bonds. The average molecular weight is 487 g/mol. The van der Waals surface area contributed by atoms with Crippen molar-refractivity contribution in [1.82, 2.24) is 10.2 Å².